The van der Waals surface area contributed by atoms with Gasteiger partial charge in [-0.2, -0.15) is 0 Å². The molecular formula is C20H14O2S2. The SMILES string of the molecule is Cc1ccccc1C(=O)S(=O)c1cccc2sc3ccccc3c12. The Kier molecular flexibility index (Phi) is 3.79. The molecule has 0 N–H and O–H groups in total. The Morgan fingerprint density at radius 2 is 1.58 bits per heavy atom. The summed E-state index contributed by atoms with van der Waals surface area (Å²) in [4.78, 5) is 13.4. The first-order valence-electron chi connectivity index (χ1n) is 7.59. The summed E-state index contributed by atoms with van der Waals surface area (Å²) in [6.07, 6.45) is 0. The minimum absolute atomic E-state index is 0.337. The van der Waals surface area contributed by atoms with Gasteiger partial charge in [-0.05, 0) is 30.7 Å². The van der Waals surface area contributed by atoms with Crippen LogP contribution in [0.25, 0.3) is 20.2 Å². The Hall–Kier alpha value is -2.30. The summed E-state index contributed by atoms with van der Waals surface area (Å²) in [7, 11) is -1.73. The maximum atomic E-state index is 13.0. The molecule has 24 heavy (non-hydrogen) atoms. The molecule has 0 saturated heterocycles. The van der Waals surface area contributed by atoms with Crippen molar-refractivity contribution >= 4 is 47.4 Å². The maximum absolute atomic E-state index is 13.0. The lowest BCUT2D eigenvalue weighted by atomic mass is 10.1. The molecule has 0 aliphatic rings. The smallest absolute Gasteiger partial charge is 0.254 e. The Bertz CT molecular complexity index is 1110. The van der Waals surface area contributed by atoms with Gasteiger partial charge in [-0.3, -0.25) is 4.79 Å². The zero-order valence-electron chi connectivity index (χ0n) is 13.0. The minimum Gasteiger partial charge on any atom is -0.278 e. The zero-order chi connectivity index (χ0) is 16.7. The van der Waals surface area contributed by atoms with Crippen LogP contribution < -0.4 is 0 Å². The van der Waals surface area contributed by atoms with Crippen LogP contribution in [0.15, 0.2) is 71.6 Å². The average Bonchev–Trinajstić information content (AvgIpc) is 2.99. The van der Waals surface area contributed by atoms with Crippen LogP contribution in [0.2, 0.25) is 0 Å². The minimum atomic E-state index is -1.73. The second-order valence-electron chi connectivity index (χ2n) is 5.60. The standard InChI is InChI=1S/C20H14O2S2/c1-13-7-2-3-8-14(13)20(21)24(22)18-12-6-11-17-19(18)15-9-4-5-10-16(15)23-17/h2-12H,1H3. The van der Waals surface area contributed by atoms with Crippen molar-refractivity contribution in [2.45, 2.75) is 11.8 Å². The number of thiophene rings is 1. The van der Waals surface area contributed by atoms with Gasteiger partial charge in [-0.15, -0.1) is 11.3 Å². The monoisotopic (exact) mass is 350 g/mol. The van der Waals surface area contributed by atoms with Crippen molar-refractivity contribution in [3.05, 3.63) is 77.9 Å². The summed E-state index contributed by atoms with van der Waals surface area (Å²) in [5.74, 6) is 0. The summed E-state index contributed by atoms with van der Waals surface area (Å²) >= 11 is 1.66. The largest absolute Gasteiger partial charge is 0.278 e. The first-order chi connectivity index (χ1) is 11.7. The number of hydrogen-bond donors (Lipinski definition) is 0. The molecule has 0 saturated carbocycles. The third-order valence-electron chi connectivity index (χ3n) is 4.10. The third-order valence-corrected chi connectivity index (χ3v) is 6.53. The summed E-state index contributed by atoms with van der Waals surface area (Å²) in [5.41, 5.74) is 1.37. The summed E-state index contributed by atoms with van der Waals surface area (Å²) in [6, 6.07) is 21.0. The molecule has 118 valence electrons. The average molecular weight is 350 g/mol. The maximum Gasteiger partial charge on any atom is 0.254 e. The highest BCUT2D eigenvalue weighted by molar-refractivity contribution is 8.01. The van der Waals surface area contributed by atoms with E-state index >= 15 is 0 Å². The fourth-order valence-corrected chi connectivity index (χ4v) is 5.33. The van der Waals surface area contributed by atoms with Crippen molar-refractivity contribution in [1.82, 2.24) is 0 Å². The Labute approximate surface area is 146 Å². The van der Waals surface area contributed by atoms with Gasteiger partial charge in [0.1, 0.15) is 10.8 Å². The second kappa shape index (κ2) is 5.96. The van der Waals surface area contributed by atoms with Crippen LogP contribution in [0.4, 0.5) is 0 Å². The normalized spacial score (nSPS) is 12.5. The molecule has 4 heteroatoms. The van der Waals surface area contributed by atoms with E-state index in [-0.39, 0.29) is 5.12 Å². The van der Waals surface area contributed by atoms with Crippen LogP contribution in [0, 0.1) is 6.92 Å². The van der Waals surface area contributed by atoms with Crippen molar-refractivity contribution < 1.29 is 9.00 Å². The molecule has 3 aromatic carbocycles. The molecule has 1 unspecified atom stereocenters. The second-order valence-corrected chi connectivity index (χ2v) is 8.03. The van der Waals surface area contributed by atoms with Gasteiger partial charge in [0.25, 0.3) is 5.12 Å². The molecule has 0 bridgehead atoms. The number of benzene rings is 3. The zero-order valence-corrected chi connectivity index (χ0v) is 14.6. The van der Waals surface area contributed by atoms with Crippen LogP contribution in [0.5, 0.6) is 0 Å². The molecule has 0 fully saturated rings. The van der Waals surface area contributed by atoms with Crippen LogP contribution in [-0.4, -0.2) is 9.32 Å². The van der Waals surface area contributed by atoms with Crippen molar-refractivity contribution in [2.24, 2.45) is 0 Å². The van der Waals surface area contributed by atoms with E-state index in [0.29, 0.717) is 10.5 Å². The fraction of sp³-hybridized carbons (Fsp3) is 0.0500. The molecule has 4 rings (SSSR count). The molecule has 0 aliphatic carbocycles. The molecule has 1 heterocycles. The number of carbonyl (C=O) groups is 1. The van der Waals surface area contributed by atoms with E-state index < -0.39 is 10.8 Å². The predicted molar refractivity (Wildman–Crippen MR) is 101 cm³/mol. The highest BCUT2D eigenvalue weighted by Gasteiger charge is 2.21. The van der Waals surface area contributed by atoms with E-state index in [0.717, 1.165) is 25.7 Å². The van der Waals surface area contributed by atoms with Crippen molar-refractivity contribution in [3.8, 4) is 0 Å². The van der Waals surface area contributed by atoms with Crippen molar-refractivity contribution in [1.29, 1.82) is 0 Å². The van der Waals surface area contributed by atoms with Crippen LogP contribution in [0.1, 0.15) is 15.9 Å². The van der Waals surface area contributed by atoms with Gasteiger partial charge in [-0.1, -0.05) is 48.5 Å². The number of hydrogen-bond acceptors (Lipinski definition) is 3. The van der Waals surface area contributed by atoms with E-state index in [1.807, 2.05) is 49.4 Å². The topological polar surface area (TPSA) is 34.1 Å². The number of rotatable bonds is 2. The Morgan fingerprint density at radius 3 is 2.42 bits per heavy atom. The Balaban J connectivity index is 1.92. The molecular weight excluding hydrogens is 336 g/mol. The first-order valence-corrected chi connectivity index (χ1v) is 9.55. The van der Waals surface area contributed by atoms with Gasteiger partial charge in [0.2, 0.25) is 0 Å². The molecule has 4 aromatic rings. The molecule has 0 amide bonds. The number of carbonyl (C=O) groups excluding carboxylic acids is 1. The molecule has 0 radical (unpaired) electrons. The molecule has 0 spiro atoms. The van der Waals surface area contributed by atoms with Gasteiger partial charge in [0, 0.05) is 25.7 Å². The van der Waals surface area contributed by atoms with Crippen molar-refractivity contribution in [3.63, 3.8) is 0 Å². The lowest BCUT2D eigenvalue weighted by Gasteiger charge is -2.06. The fourth-order valence-electron chi connectivity index (χ4n) is 2.90. The summed E-state index contributed by atoms with van der Waals surface area (Å²) in [6.45, 7) is 1.87. The summed E-state index contributed by atoms with van der Waals surface area (Å²) in [5, 5.41) is 1.65. The highest BCUT2D eigenvalue weighted by atomic mass is 32.2. The summed E-state index contributed by atoms with van der Waals surface area (Å²) < 4.78 is 15.2. The van der Waals surface area contributed by atoms with E-state index in [9.17, 15) is 9.00 Å². The first kappa shape index (κ1) is 15.2. The number of aryl methyl sites for hydroxylation is 1. The predicted octanol–water partition coefficient (Wildman–Crippen LogP) is 5.31. The molecule has 1 aromatic heterocycles. The quantitative estimate of drug-likeness (QED) is 0.491. The van der Waals surface area contributed by atoms with Gasteiger partial charge in [-0.25, -0.2) is 4.21 Å². The van der Waals surface area contributed by atoms with Crippen molar-refractivity contribution in [2.75, 3.05) is 0 Å². The van der Waals surface area contributed by atoms with Crippen LogP contribution in [-0.2, 0) is 10.8 Å². The van der Waals surface area contributed by atoms with E-state index in [2.05, 4.69) is 6.07 Å². The van der Waals surface area contributed by atoms with Gasteiger partial charge in [0.15, 0.2) is 0 Å². The molecule has 0 aliphatic heterocycles. The van der Waals surface area contributed by atoms with E-state index in [1.54, 1.807) is 29.5 Å². The van der Waals surface area contributed by atoms with Crippen LogP contribution in [0.3, 0.4) is 0 Å². The Morgan fingerprint density at radius 1 is 0.875 bits per heavy atom. The highest BCUT2D eigenvalue weighted by Crippen LogP contribution is 2.37. The van der Waals surface area contributed by atoms with E-state index in [4.69, 9.17) is 0 Å². The van der Waals surface area contributed by atoms with Gasteiger partial charge >= 0.3 is 0 Å². The lowest BCUT2D eigenvalue weighted by Crippen LogP contribution is -2.09. The number of fused-ring (bicyclic) bond motifs is 3. The van der Waals surface area contributed by atoms with Crippen LogP contribution >= 0.6 is 11.3 Å². The molecule has 2 nitrogen and oxygen atoms in total. The molecule has 1 atom stereocenters. The van der Waals surface area contributed by atoms with Gasteiger partial charge < -0.3 is 0 Å². The lowest BCUT2D eigenvalue weighted by molar-refractivity contribution is 0.108. The van der Waals surface area contributed by atoms with E-state index in [1.165, 1.54) is 0 Å². The van der Waals surface area contributed by atoms with Gasteiger partial charge in [0.05, 0.1) is 4.90 Å². The third kappa shape index (κ3) is 2.39.